The molecule has 1 aliphatic heterocycles. The second-order valence-corrected chi connectivity index (χ2v) is 7.44. The Morgan fingerprint density at radius 1 is 1.36 bits per heavy atom. The van der Waals surface area contributed by atoms with Gasteiger partial charge in [-0.25, -0.2) is 0 Å². The topological polar surface area (TPSA) is 87.5 Å². The molecule has 152 valence electrons. The Balaban J connectivity index is 1.53. The lowest BCUT2D eigenvalue weighted by atomic mass is 10.1. The van der Waals surface area contributed by atoms with E-state index in [2.05, 4.69) is 15.5 Å². The number of carbonyl (C=O) groups excluding carboxylic acids is 1. The first-order valence-corrected chi connectivity index (χ1v) is 10.2. The molecule has 1 saturated heterocycles. The molecule has 1 aliphatic rings. The average Bonchev–Trinajstić information content (AvgIpc) is 3.36. The van der Waals surface area contributed by atoms with Crippen LogP contribution in [0.3, 0.4) is 0 Å². The molecule has 0 bridgehead atoms. The molecule has 0 aliphatic carbocycles. The van der Waals surface area contributed by atoms with Crippen LogP contribution in [0.2, 0.25) is 0 Å². The summed E-state index contributed by atoms with van der Waals surface area (Å²) >= 11 is 1.66. The number of aromatic nitrogens is 3. The highest BCUT2D eigenvalue weighted by Gasteiger charge is 2.19. The fourth-order valence-electron chi connectivity index (χ4n) is 3.08. The Kier molecular flexibility index (Phi) is 7.16. The van der Waals surface area contributed by atoms with E-state index in [9.17, 15) is 4.79 Å². The third-order valence-corrected chi connectivity index (χ3v) is 5.78. The van der Waals surface area contributed by atoms with Crippen molar-refractivity contribution < 1.29 is 19.0 Å². The third-order valence-electron chi connectivity index (χ3n) is 4.63. The van der Waals surface area contributed by atoms with Gasteiger partial charge in [0.15, 0.2) is 16.7 Å². The number of benzene rings is 1. The van der Waals surface area contributed by atoms with Crippen molar-refractivity contribution in [3.05, 3.63) is 29.6 Å². The minimum Gasteiger partial charge on any atom is -0.493 e. The molecule has 1 N–H and O–H groups in total. The molecule has 2 heterocycles. The average molecular weight is 407 g/mol. The first-order valence-electron chi connectivity index (χ1n) is 9.26. The summed E-state index contributed by atoms with van der Waals surface area (Å²) in [6, 6.07) is 5.22. The molecule has 1 aromatic carbocycles. The summed E-state index contributed by atoms with van der Waals surface area (Å²) < 4.78 is 18.2. The summed E-state index contributed by atoms with van der Waals surface area (Å²) in [6.45, 7) is 1.30. The van der Waals surface area contributed by atoms with Crippen LogP contribution in [0.15, 0.2) is 23.4 Å². The number of amides is 1. The van der Waals surface area contributed by atoms with Crippen LogP contribution in [0.25, 0.3) is 0 Å². The van der Waals surface area contributed by atoms with Crippen molar-refractivity contribution in [3.8, 4) is 11.5 Å². The molecular formula is C19H26N4O4S. The molecule has 8 nitrogen and oxygen atoms in total. The molecule has 2 aromatic rings. The smallest absolute Gasteiger partial charge is 0.255 e. The molecule has 28 heavy (non-hydrogen) atoms. The summed E-state index contributed by atoms with van der Waals surface area (Å²) in [6.07, 6.45) is 3.13. The van der Waals surface area contributed by atoms with Crippen LogP contribution in [0.5, 0.6) is 11.5 Å². The van der Waals surface area contributed by atoms with Crippen LogP contribution in [-0.2, 0) is 18.2 Å². The van der Waals surface area contributed by atoms with E-state index in [1.54, 1.807) is 37.1 Å². The predicted octanol–water partition coefficient (Wildman–Crippen LogP) is 2.08. The van der Waals surface area contributed by atoms with Crippen molar-refractivity contribution in [1.82, 2.24) is 20.1 Å². The van der Waals surface area contributed by atoms with Gasteiger partial charge in [-0.2, -0.15) is 0 Å². The standard InChI is InChI=1S/C19H26N4O4S/c1-23-16(21-22-19(23)28-12-13-6-5-11-27-13)9-10-20-18(24)14-7-4-8-15(25-2)17(14)26-3/h4,7-8,13H,5-6,9-12H2,1-3H3,(H,20,24)/t13-/m1/s1. The highest BCUT2D eigenvalue weighted by molar-refractivity contribution is 7.99. The van der Waals surface area contributed by atoms with E-state index < -0.39 is 0 Å². The second-order valence-electron chi connectivity index (χ2n) is 6.45. The third kappa shape index (κ3) is 4.77. The number of hydrogen-bond donors (Lipinski definition) is 1. The first-order chi connectivity index (χ1) is 13.6. The van der Waals surface area contributed by atoms with Crippen LogP contribution in [0.4, 0.5) is 0 Å². The van der Waals surface area contributed by atoms with Gasteiger partial charge in [0.1, 0.15) is 5.82 Å². The quantitative estimate of drug-likeness (QED) is 0.638. The summed E-state index contributed by atoms with van der Waals surface area (Å²) in [4.78, 5) is 12.5. The van der Waals surface area contributed by atoms with Gasteiger partial charge in [0.05, 0.1) is 25.9 Å². The van der Waals surface area contributed by atoms with Gasteiger partial charge in [-0.3, -0.25) is 4.79 Å². The van der Waals surface area contributed by atoms with Crippen molar-refractivity contribution in [2.45, 2.75) is 30.5 Å². The summed E-state index contributed by atoms with van der Waals surface area (Å²) in [5.74, 6) is 2.45. The van der Waals surface area contributed by atoms with E-state index in [1.165, 1.54) is 7.11 Å². The Hall–Kier alpha value is -2.26. The van der Waals surface area contributed by atoms with Gasteiger partial charge in [0, 0.05) is 32.4 Å². The van der Waals surface area contributed by atoms with Gasteiger partial charge >= 0.3 is 0 Å². The summed E-state index contributed by atoms with van der Waals surface area (Å²) in [5.41, 5.74) is 0.438. The van der Waals surface area contributed by atoms with Gasteiger partial charge in [0.25, 0.3) is 5.91 Å². The number of thioether (sulfide) groups is 1. The minimum atomic E-state index is -0.217. The largest absolute Gasteiger partial charge is 0.493 e. The molecule has 1 amide bonds. The van der Waals surface area contributed by atoms with Crippen molar-refractivity contribution in [2.24, 2.45) is 7.05 Å². The van der Waals surface area contributed by atoms with Crippen LogP contribution in [-0.4, -0.2) is 59.9 Å². The highest BCUT2D eigenvalue weighted by atomic mass is 32.2. The fourth-order valence-corrected chi connectivity index (χ4v) is 4.08. The Morgan fingerprint density at radius 2 is 2.21 bits per heavy atom. The maximum atomic E-state index is 12.5. The number of nitrogens with zero attached hydrogens (tertiary/aromatic N) is 3. The molecule has 0 spiro atoms. The minimum absolute atomic E-state index is 0.217. The van der Waals surface area contributed by atoms with E-state index in [1.807, 2.05) is 11.6 Å². The molecule has 9 heteroatoms. The van der Waals surface area contributed by atoms with Crippen molar-refractivity contribution in [3.63, 3.8) is 0 Å². The lowest BCUT2D eigenvalue weighted by Crippen LogP contribution is -2.27. The lowest BCUT2D eigenvalue weighted by molar-refractivity contribution is 0.0950. The monoisotopic (exact) mass is 406 g/mol. The molecule has 0 unspecified atom stereocenters. The van der Waals surface area contributed by atoms with Crippen LogP contribution >= 0.6 is 11.8 Å². The van der Waals surface area contributed by atoms with Gasteiger partial charge in [-0.15, -0.1) is 10.2 Å². The van der Waals surface area contributed by atoms with Gasteiger partial charge < -0.3 is 24.1 Å². The molecule has 1 aromatic heterocycles. The van der Waals surface area contributed by atoms with E-state index in [0.717, 1.165) is 36.2 Å². The maximum Gasteiger partial charge on any atom is 0.255 e. The SMILES string of the molecule is COc1cccc(C(=O)NCCc2nnc(SC[C@H]3CCCO3)n2C)c1OC. The number of para-hydroxylation sites is 1. The van der Waals surface area contributed by atoms with Gasteiger partial charge in [-0.1, -0.05) is 17.8 Å². The van der Waals surface area contributed by atoms with Crippen LogP contribution < -0.4 is 14.8 Å². The fraction of sp³-hybridized carbons (Fsp3) is 0.526. The molecule has 0 saturated carbocycles. The molecule has 3 rings (SSSR count). The molecule has 1 atom stereocenters. The number of hydrogen-bond acceptors (Lipinski definition) is 7. The zero-order valence-corrected chi connectivity index (χ0v) is 17.3. The zero-order valence-electron chi connectivity index (χ0n) is 16.4. The number of carbonyl (C=O) groups is 1. The maximum absolute atomic E-state index is 12.5. The van der Waals surface area contributed by atoms with E-state index >= 15 is 0 Å². The van der Waals surface area contributed by atoms with Crippen molar-refractivity contribution in [1.29, 1.82) is 0 Å². The van der Waals surface area contributed by atoms with Crippen LogP contribution in [0, 0.1) is 0 Å². The predicted molar refractivity (Wildman–Crippen MR) is 106 cm³/mol. The van der Waals surface area contributed by atoms with Crippen molar-refractivity contribution >= 4 is 17.7 Å². The summed E-state index contributed by atoms with van der Waals surface area (Å²) in [7, 11) is 5.01. The number of nitrogens with one attached hydrogen (secondary N) is 1. The van der Waals surface area contributed by atoms with E-state index in [-0.39, 0.29) is 5.91 Å². The van der Waals surface area contributed by atoms with Gasteiger partial charge in [-0.05, 0) is 25.0 Å². The highest BCUT2D eigenvalue weighted by Crippen LogP contribution is 2.30. The normalized spacial score (nSPS) is 16.2. The Bertz CT molecular complexity index is 805. The zero-order chi connectivity index (χ0) is 19.9. The Labute approximate surface area is 168 Å². The van der Waals surface area contributed by atoms with Crippen molar-refractivity contribution in [2.75, 3.05) is 33.1 Å². The molecular weight excluding hydrogens is 380 g/mol. The van der Waals surface area contributed by atoms with Crippen LogP contribution in [0.1, 0.15) is 29.0 Å². The molecule has 0 radical (unpaired) electrons. The number of rotatable bonds is 9. The van der Waals surface area contributed by atoms with E-state index in [4.69, 9.17) is 14.2 Å². The van der Waals surface area contributed by atoms with Gasteiger partial charge in [0.2, 0.25) is 0 Å². The van der Waals surface area contributed by atoms with E-state index in [0.29, 0.717) is 36.1 Å². The summed E-state index contributed by atoms with van der Waals surface area (Å²) in [5, 5.41) is 12.3. The second kappa shape index (κ2) is 9.79. The molecule has 1 fully saturated rings. The Morgan fingerprint density at radius 3 is 2.93 bits per heavy atom. The lowest BCUT2D eigenvalue weighted by Gasteiger charge is -2.12. The number of ether oxygens (including phenoxy) is 3. The first kappa shape index (κ1) is 20.5. The number of methoxy groups -OCH3 is 2.